The summed E-state index contributed by atoms with van der Waals surface area (Å²) in [4.78, 5) is 22.9. The molecule has 1 amide bonds. The Kier molecular flexibility index (Phi) is 4.53. The molecule has 2 aromatic rings. The molecule has 1 aromatic heterocycles. The number of halogens is 1. The number of hydrogen-bond acceptors (Lipinski definition) is 4. The van der Waals surface area contributed by atoms with Gasteiger partial charge in [-0.3, -0.25) is 4.79 Å². The number of nitrogens with zero attached hydrogens (tertiary/aromatic N) is 3. The van der Waals surface area contributed by atoms with Crippen molar-refractivity contribution in [2.45, 2.75) is 19.3 Å². The average Bonchev–Trinajstić information content (AvgIpc) is 2.56. The van der Waals surface area contributed by atoms with Crippen LogP contribution >= 0.6 is 11.6 Å². The number of aromatic nitrogens is 2. The standard InChI is InChI=1S/C16H17ClN4O/c17-13-7-3-2-6-12(13)16(22)20-14-10-15(19-11-18-14)21-8-4-1-5-9-21/h2-3,6-7,10-11H,1,4-5,8-9H2,(H,18,19,20,22). The number of carbonyl (C=O) groups is 1. The fraction of sp³-hybridized carbons (Fsp3) is 0.312. The van der Waals surface area contributed by atoms with Gasteiger partial charge in [-0.05, 0) is 31.4 Å². The topological polar surface area (TPSA) is 58.1 Å². The van der Waals surface area contributed by atoms with E-state index in [2.05, 4.69) is 20.2 Å². The Balaban J connectivity index is 1.75. The fourth-order valence-electron chi connectivity index (χ4n) is 2.54. The van der Waals surface area contributed by atoms with Gasteiger partial charge in [0.15, 0.2) is 0 Å². The van der Waals surface area contributed by atoms with E-state index in [0.717, 1.165) is 18.9 Å². The van der Waals surface area contributed by atoms with Crippen molar-refractivity contribution < 1.29 is 4.79 Å². The van der Waals surface area contributed by atoms with Crippen LogP contribution in [0.5, 0.6) is 0 Å². The zero-order valence-electron chi connectivity index (χ0n) is 12.1. The van der Waals surface area contributed by atoms with Crippen LogP contribution in [-0.4, -0.2) is 29.0 Å². The Morgan fingerprint density at radius 1 is 1.14 bits per heavy atom. The van der Waals surface area contributed by atoms with Crippen molar-refractivity contribution in [2.24, 2.45) is 0 Å². The zero-order valence-corrected chi connectivity index (χ0v) is 12.9. The first-order chi connectivity index (χ1) is 10.7. The van der Waals surface area contributed by atoms with Crippen LogP contribution in [0.1, 0.15) is 29.6 Å². The molecule has 6 heteroatoms. The Hall–Kier alpha value is -2.14. The predicted molar refractivity (Wildman–Crippen MR) is 87.5 cm³/mol. The Labute approximate surface area is 134 Å². The molecule has 0 aliphatic carbocycles. The molecule has 2 heterocycles. The van der Waals surface area contributed by atoms with Crippen molar-refractivity contribution in [1.82, 2.24) is 9.97 Å². The summed E-state index contributed by atoms with van der Waals surface area (Å²) in [7, 11) is 0. The molecule has 1 aliphatic rings. The molecule has 1 saturated heterocycles. The van der Waals surface area contributed by atoms with Crippen LogP contribution in [0.3, 0.4) is 0 Å². The van der Waals surface area contributed by atoms with Crippen molar-refractivity contribution in [1.29, 1.82) is 0 Å². The van der Waals surface area contributed by atoms with E-state index in [0.29, 0.717) is 16.4 Å². The SMILES string of the molecule is O=C(Nc1cc(N2CCCCC2)ncn1)c1ccccc1Cl. The van der Waals surface area contributed by atoms with Crippen molar-refractivity contribution in [3.05, 3.63) is 47.2 Å². The summed E-state index contributed by atoms with van der Waals surface area (Å²) in [5.74, 6) is 1.07. The summed E-state index contributed by atoms with van der Waals surface area (Å²) in [5.41, 5.74) is 0.433. The van der Waals surface area contributed by atoms with Gasteiger partial charge in [-0.2, -0.15) is 0 Å². The van der Waals surface area contributed by atoms with Crippen molar-refractivity contribution in [2.75, 3.05) is 23.3 Å². The number of anilines is 2. The minimum Gasteiger partial charge on any atom is -0.356 e. The van der Waals surface area contributed by atoms with E-state index in [-0.39, 0.29) is 5.91 Å². The number of benzene rings is 1. The molecule has 1 N–H and O–H groups in total. The second kappa shape index (κ2) is 6.75. The van der Waals surface area contributed by atoms with Gasteiger partial charge in [-0.25, -0.2) is 9.97 Å². The maximum absolute atomic E-state index is 12.3. The van der Waals surface area contributed by atoms with E-state index < -0.39 is 0 Å². The lowest BCUT2D eigenvalue weighted by atomic mass is 10.1. The summed E-state index contributed by atoms with van der Waals surface area (Å²) in [6.07, 6.45) is 5.08. The van der Waals surface area contributed by atoms with E-state index in [1.54, 1.807) is 30.3 Å². The van der Waals surface area contributed by atoms with Crippen LogP contribution in [0.2, 0.25) is 5.02 Å². The highest BCUT2D eigenvalue weighted by molar-refractivity contribution is 6.34. The number of piperidine rings is 1. The third-order valence-electron chi connectivity index (χ3n) is 3.69. The van der Waals surface area contributed by atoms with E-state index in [9.17, 15) is 4.79 Å². The maximum atomic E-state index is 12.3. The molecule has 0 unspecified atom stereocenters. The summed E-state index contributed by atoms with van der Waals surface area (Å²) < 4.78 is 0. The van der Waals surface area contributed by atoms with Crippen molar-refractivity contribution in [3.8, 4) is 0 Å². The quantitative estimate of drug-likeness (QED) is 0.943. The molecule has 5 nitrogen and oxygen atoms in total. The minimum absolute atomic E-state index is 0.270. The van der Waals surface area contributed by atoms with E-state index >= 15 is 0 Å². The van der Waals surface area contributed by atoms with Crippen LogP contribution in [0.4, 0.5) is 11.6 Å². The third kappa shape index (κ3) is 3.36. The smallest absolute Gasteiger partial charge is 0.258 e. The molecule has 0 radical (unpaired) electrons. The number of rotatable bonds is 3. The number of hydrogen-bond donors (Lipinski definition) is 1. The Morgan fingerprint density at radius 2 is 1.91 bits per heavy atom. The molecule has 1 fully saturated rings. The van der Waals surface area contributed by atoms with Crippen LogP contribution in [0.25, 0.3) is 0 Å². The molecule has 1 aliphatic heterocycles. The van der Waals surface area contributed by atoms with Gasteiger partial charge in [0.1, 0.15) is 18.0 Å². The third-order valence-corrected chi connectivity index (χ3v) is 4.02. The fourth-order valence-corrected chi connectivity index (χ4v) is 2.76. The van der Waals surface area contributed by atoms with Gasteiger partial charge in [-0.1, -0.05) is 23.7 Å². The van der Waals surface area contributed by atoms with Crippen molar-refractivity contribution >= 4 is 29.1 Å². The van der Waals surface area contributed by atoms with Gasteiger partial charge < -0.3 is 10.2 Å². The lowest BCUT2D eigenvalue weighted by Crippen LogP contribution is -2.30. The highest BCUT2D eigenvalue weighted by atomic mass is 35.5. The second-order valence-corrected chi connectivity index (χ2v) is 5.65. The first-order valence-electron chi connectivity index (χ1n) is 7.37. The molecular formula is C16H17ClN4O. The highest BCUT2D eigenvalue weighted by Crippen LogP contribution is 2.20. The number of carbonyl (C=O) groups excluding carboxylic acids is 1. The largest absolute Gasteiger partial charge is 0.356 e. The van der Waals surface area contributed by atoms with Crippen LogP contribution in [0.15, 0.2) is 36.7 Å². The van der Waals surface area contributed by atoms with E-state index in [4.69, 9.17) is 11.6 Å². The summed E-state index contributed by atoms with van der Waals surface area (Å²) >= 11 is 6.04. The molecule has 3 rings (SSSR count). The molecule has 0 spiro atoms. The van der Waals surface area contributed by atoms with Crippen molar-refractivity contribution in [3.63, 3.8) is 0 Å². The Bertz CT molecular complexity index is 671. The number of nitrogens with one attached hydrogen (secondary N) is 1. The van der Waals surface area contributed by atoms with Crippen LogP contribution < -0.4 is 10.2 Å². The summed E-state index contributed by atoms with van der Waals surface area (Å²) in [6.45, 7) is 1.99. The van der Waals surface area contributed by atoms with Gasteiger partial charge in [0.2, 0.25) is 0 Å². The molecule has 0 atom stereocenters. The highest BCUT2D eigenvalue weighted by Gasteiger charge is 2.14. The molecule has 22 heavy (non-hydrogen) atoms. The second-order valence-electron chi connectivity index (χ2n) is 5.24. The maximum Gasteiger partial charge on any atom is 0.258 e. The molecule has 1 aromatic carbocycles. The average molecular weight is 317 g/mol. The van der Waals surface area contributed by atoms with Gasteiger partial charge in [0, 0.05) is 19.2 Å². The lowest BCUT2D eigenvalue weighted by molar-refractivity contribution is 0.102. The minimum atomic E-state index is -0.270. The first-order valence-corrected chi connectivity index (χ1v) is 7.75. The first kappa shape index (κ1) is 14.8. The lowest BCUT2D eigenvalue weighted by Gasteiger charge is -2.27. The summed E-state index contributed by atoms with van der Waals surface area (Å²) in [6, 6.07) is 8.75. The predicted octanol–water partition coefficient (Wildman–Crippen LogP) is 3.37. The van der Waals surface area contributed by atoms with Gasteiger partial charge in [0.25, 0.3) is 5.91 Å². The molecular weight excluding hydrogens is 300 g/mol. The van der Waals surface area contributed by atoms with Gasteiger partial charge >= 0.3 is 0 Å². The van der Waals surface area contributed by atoms with Crippen LogP contribution in [-0.2, 0) is 0 Å². The van der Waals surface area contributed by atoms with Gasteiger partial charge in [0.05, 0.1) is 10.6 Å². The molecule has 0 saturated carbocycles. The molecule has 114 valence electrons. The zero-order chi connectivity index (χ0) is 15.4. The van der Waals surface area contributed by atoms with Crippen LogP contribution in [0, 0.1) is 0 Å². The normalized spacial score (nSPS) is 14.7. The summed E-state index contributed by atoms with van der Waals surface area (Å²) in [5, 5.41) is 3.20. The Morgan fingerprint density at radius 3 is 2.68 bits per heavy atom. The van der Waals surface area contributed by atoms with E-state index in [1.165, 1.54) is 25.6 Å². The number of amides is 1. The molecule has 0 bridgehead atoms. The van der Waals surface area contributed by atoms with E-state index in [1.807, 2.05) is 0 Å². The van der Waals surface area contributed by atoms with Gasteiger partial charge in [-0.15, -0.1) is 0 Å². The monoisotopic (exact) mass is 316 g/mol.